The number of carbonyl (C=O) groups excluding carboxylic acids is 1. The number of fused-ring (bicyclic) bond motifs is 3. The molecule has 41 heavy (non-hydrogen) atoms. The van der Waals surface area contributed by atoms with E-state index < -0.39 is 19.9 Å². The summed E-state index contributed by atoms with van der Waals surface area (Å²) < 4.78 is 35.0. The van der Waals surface area contributed by atoms with Crippen LogP contribution in [0.5, 0.6) is 0 Å². The van der Waals surface area contributed by atoms with Gasteiger partial charge >= 0.3 is 13.8 Å². The molecule has 3 saturated heterocycles. The van der Waals surface area contributed by atoms with Crippen LogP contribution < -0.4 is 0 Å². The summed E-state index contributed by atoms with van der Waals surface area (Å²) in [5.74, 6) is 0.364. The molecule has 0 amide bonds. The van der Waals surface area contributed by atoms with Gasteiger partial charge in [-0.2, -0.15) is 0 Å². The molecule has 0 aromatic rings. The average molecular weight is 605 g/mol. The van der Waals surface area contributed by atoms with E-state index in [0.29, 0.717) is 12.5 Å². The standard InChI is InChI=1S/C32H62NO7P/c1-4-5-6-7-8-9-10-11-12-13-14-15-16-17-18-19-24-37-27-32(40-29(2)34)28-39-41(35,36)38-26-31-25-33(3)22-20-30(31)21-23-33/h30-32H,4-28H2,1-3H3/p+1. The summed E-state index contributed by atoms with van der Waals surface area (Å²) in [6, 6.07) is 0. The summed E-state index contributed by atoms with van der Waals surface area (Å²) >= 11 is 0. The molecular formula is C32H63NO7P+. The lowest BCUT2D eigenvalue weighted by Gasteiger charge is -2.50. The molecule has 0 radical (unpaired) electrons. The van der Waals surface area contributed by atoms with Crippen LogP contribution in [-0.2, 0) is 27.9 Å². The topological polar surface area (TPSA) is 91.3 Å². The zero-order valence-electron chi connectivity index (χ0n) is 26.7. The number of hydrogen-bond acceptors (Lipinski definition) is 6. The van der Waals surface area contributed by atoms with Crippen LogP contribution in [0, 0.1) is 11.8 Å². The molecule has 3 fully saturated rings. The van der Waals surface area contributed by atoms with Crippen molar-refractivity contribution in [3.05, 3.63) is 0 Å². The summed E-state index contributed by atoms with van der Waals surface area (Å²) in [4.78, 5) is 21.7. The lowest BCUT2D eigenvalue weighted by Crippen LogP contribution is -2.60. The maximum Gasteiger partial charge on any atom is 0.472 e. The molecule has 3 aliphatic heterocycles. The Morgan fingerprint density at radius 2 is 1.34 bits per heavy atom. The van der Waals surface area contributed by atoms with Crippen LogP contribution >= 0.6 is 7.82 Å². The molecule has 3 atom stereocenters. The molecule has 0 saturated carbocycles. The van der Waals surface area contributed by atoms with Crippen LogP contribution in [0.2, 0.25) is 0 Å². The molecule has 0 aromatic carbocycles. The fraction of sp³-hybridized carbons (Fsp3) is 0.969. The van der Waals surface area contributed by atoms with E-state index in [2.05, 4.69) is 14.0 Å². The van der Waals surface area contributed by atoms with E-state index in [4.69, 9.17) is 18.5 Å². The van der Waals surface area contributed by atoms with Gasteiger partial charge in [-0.15, -0.1) is 0 Å². The van der Waals surface area contributed by atoms with E-state index in [9.17, 15) is 14.3 Å². The van der Waals surface area contributed by atoms with E-state index in [0.717, 1.165) is 36.7 Å². The van der Waals surface area contributed by atoms with Gasteiger partial charge in [0.15, 0.2) is 0 Å². The molecular weight excluding hydrogens is 541 g/mol. The third kappa shape index (κ3) is 17.4. The second-order valence-corrected chi connectivity index (χ2v) is 14.5. The predicted molar refractivity (Wildman–Crippen MR) is 165 cm³/mol. The van der Waals surface area contributed by atoms with Crippen molar-refractivity contribution in [1.29, 1.82) is 0 Å². The molecule has 0 aromatic heterocycles. The Kier molecular flexibility index (Phi) is 19.0. The highest BCUT2D eigenvalue weighted by Gasteiger charge is 2.44. The van der Waals surface area contributed by atoms with Gasteiger partial charge in [0.1, 0.15) is 6.10 Å². The minimum Gasteiger partial charge on any atom is -0.458 e. The molecule has 242 valence electrons. The van der Waals surface area contributed by atoms with Gasteiger partial charge in [0, 0.05) is 32.3 Å². The summed E-state index contributed by atoms with van der Waals surface area (Å²) in [5.41, 5.74) is 0. The smallest absolute Gasteiger partial charge is 0.458 e. The Morgan fingerprint density at radius 1 is 0.829 bits per heavy atom. The number of piperidine rings is 3. The largest absolute Gasteiger partial charge is 0.472 e. The molecule has 0 spiro atoms. The van der Waals surface area contributed by atoms with Crippen LogP contribution in [-0.4, -0.2) is 74.6 Å². The van der Waals surface area contributed by atoms with Crippen molar-refractivity contribution in [3.63, 3.8) is 0 Å². The molecule has 0 aliphatic carbocycles. The maximum atomic E-state index is 12.5. The molecule has 9 heteroatoms. The number of phosphoric acid groups is 1. The highest BCUT2D eigenvalue weighted by molar-refractivity contribution is 7.47. The zero-order valence-corrected chi connectivity index (χ0v) is 27.6. The first-order valence-corrected chi connectivity index (χ1v) is 18.4. The van der Waals surface area contributed by atoms with Gasteiger partial charge in [-0.3, -0.25) is 13.8 Å². The minimum atomic E-state index is -4.23. The van der Waals surface area contributed by atoms with Crippen LogP contribution in [0.4, 0.5) is 0 Å². The molecule has 8 nitrogen and oxygen atoms in total. The van der Waals surface area contributed by atoms with Crippen LogP contribution in [0.25, 0.3) is 0 Å². The Morgan fingerprint density at radius 3 is 1.83 bits per heavy atom. The van der Waals surface area contributed by atoms with Crippen LogP contribution in [0.15, 0.2) is 0 Å². The average Bonchev–Trinajstić information content (AvgIpc) is 2.94. The Hall–Kier alpha value is -0.500. The SMILES string of the molecule is CCCCCCCCCCCCCCCCCCOCC(COP(=O)(O)OCC1C[N+]2(C)CCC1CC2)OC(C)=O. The fourth-order valence-electron chi connectivity index (χ4n) is 6.49. The Balaban J connectivity index is 1.44. The first-order valence-electron chi connectivity index (χ1n) is 16.9. The number of nitrogens with zero attached hydrogens (tertiary/aromatic N) is 1. The zero-order chi connectivity index (χ0) is 29.8. The number of quaternary nitrogens is 1. The molecule has 3 heterocycles. The molecule has 3 aliphatic rings. The van der Waals surface area contributed by atoms with Gasteiger partial charge in [0.05, 0.1) is 46.5 Å². The first kappa shape index (κ1) is 36.7. The van der Waals surface area contributed by atoms with Crippen molar-refractivity contribution in [1.82, 2.24) is 0 Å². The summed E-state index contributed by atoms with van der Waals surface area (Å²) in [6.45, 7) is 7.63. The number of carbonyl (C=O) groups is 1. The van der Waals surface area contributed by atoms with Gasteiger partial charge in [0.2, 0.25) is 0 Å². The second kappa shape index (κ2) is 21.2. The van der Waals surface area contributed by atoms with Crippen molar-refractivity contribution in [2.75, 3.05) is 53.1 Å². The molecule has 1 N–H and O–H groups in total. The number of rotatable bonds is 26. The normalized spacial score (nSPS) is 24.3. The third-order valence-corrected chi connectivity index (χ3v) is 10.0. The molecule has 3 unspecified atom stereocenters. The van der Waals surface area contributed by atoms with Gasteiger partial charge < -0.3 is 18.9 Å². The van der Waals surface area contributed by atoms with E-state index in [1.54, 1.807) is 0 Å². The maximum absolute atomic E-state index is 12.5. The van der Waals surface area contributed by atoms with E-state index in [1.165, 1.54) is 110 Å². The van der Waals surface area contributed by atoms with Crippen molar-refractivity contribution in [2.24, 2.45) is 11.8 Å². The highest BCUT2D eigenvalue weighted by atomic mass is 31.2. The van der Waals surface area contributed by atoms with Gasteiger partial charge in [-0.1, -0.05) is 103 Å². The second-order valence-electron chi connectivity index (χ2n) is 13.0. The monoisotopic (exact) mass is 604 g/mol. The number of unbranched alkanes of at least 4 members (excludes halogenated alkanes) is 15. The number of ether oxygens (including phenoxy) is 2. The molecule has 2 bridgehead atoms. The van der Waals surface area contributed by atoms with Gasteiger partial charge in [-0.25, -0.2) is 4.57 Å². The fourth-order valence-corrected chi connectivity index (χ4v) is 7.30. The first-order chi connectivity index (χ1) is 19.7. The lowest BCUT2D eigenvalue weighted by atomic mass is 9.78. The third-order valence-electron chi connectivity index (χ3n) is 9.08. The highest BCUT2D eigenvalue weighted by Crippen LogP contribution is 2.46. The Bertz CT molecular complexity index is 729. The summed E-state index contributed by atoms with van der Waals surface area (Å²) in [5, 5.41) is 0. The summed E-state index contributed by atoms with van der Waals surface area (Å²) in [6.07, 6.45) is 22.7. The van der Waals surface area contributed by atoms with Crippen molar-refractivity contribution < 1.29 is 37.3 Å². The van der Waals surface area contributed by atoms with Crippen LogP contribution in [0.1, 0.15) is 129 Å². The van der Waals surface area contributed by atoms with Crippen LogP contribution in [0.3, 0.4) is 0 Å². The van der Waals surface area contributed by atoms with E-state index >= 15 is 0 Å². The van der Waals surface area contributed by atoms with Crippen molar-refractivity contribution in [2.45, 2.75) is 136 Å². The lowest BCUT2D eigenvalue weighted by molar-refractivity contribution is -0.929. The predicted octanol–water partition coefficient (Wildman–Crippen LogP) is 7.82. The summed E-state index contributed by atoms with van der Waals surface area (Å²) in [7, 11) is -1.98. The van der Waals surface area contributed by atoms with Gasteiger partial charge in [0.25, 0.3) is 0 Å². The Labute approximate surface area is 251 Å². The number of esters is 1. The minimum absolute atomic E-state index is 0.138. The van der Waals surface area contributed by atoms with E-state index in [-0.39, 0.29) is 25.7 Å². The number of hydrogen-bond donors (Lipinski definition) is 1. The van der Waals surface area contributed by atoms with Gasteiger partial charge in [-0.05, 0) is 12.3 Å². The molecule has 3 rings (SSSR count). The van der Waals surface area contributed by atoms with Crippen molar-refractivity contribution >= 4 is 13.8 Å². The quantitative estimate of drug-likeness (QED) is 0.0466. The van der Waals surface area contributed by atoms with Crippen molar-refractivity contribution in [3.8, 4) is 0 Å². The number of phosphoric ester groups is 1. The van der Waals surface area contributed by atoms with E-state index in [1.807, 2.05) is 0 Å².